The van der Waals surface area contributed by atoms with Crippen molar-refractivity contribution in [2.24, 2.45) is 0 Å². The van der Waals surface area contributed by atoms with E-state index in [2.05, 4.69) is 17.6 Å². The first-order chi connectivity index (χ1) is 8.19. The van der Waals surface area contributed by atoms with Gasteiger partial charge in [0.2, 0.25) is 0 Å². The number of unbranched alkanes of at least 4 members (excludes halogenated alkanes) is 2. The monoisotopic (exact) mass is 254 g/mol. The summed E-state index contributed by atoms with van der Waals surface area (Å²) in [7, 11) is 1.60. The molecule has 0 aromatic heterocycles. The molecule has 0 aliphatic carbocycles. The Labute approximate surface area is 108 Å². The van der Waals surface area contributed by atoms with Crippen LogP contribution in [0.15, 0.2) is 18.2 Å². The van der Waals surface area contributed by atoms with Crippen molar-refractivity contribution >= 4 is 23.2 Å². The summed E-state index contributed by atoms with van der Waals surface area (Å²) in [6, 6.07) is 5.42. The summed E-state index contributed by atoms with van der Waals surface area (Å²) < 4.78 is 0. The van der Waals surface area contributed by atoms with Crippen molar-refractivity contribution in [1.82, 2.24) is 5.32 Å². The van der Waals surface area contributed by atoms with Crippen molar-refractivity contribution < 1.29 is 4.79 Å². The molecule has 0 bridgehead atoms. The van der Waals surface area contributed by atoms with Gasteiger partial charge in [0, 0.05) is 19.3 Å². The summed E-state index contributed by atoms with van der Waals surface area (Å²) in [5.74, 6) is -0.160. The molecule has 1 amide bonds. The van der Waals surface area contributed by atoms with Crippen LogP contribution in [0.25, 0.3) is 0 Å². The molecule has 0 atom stereocenters. The van der Waals surface area contributed by atoms with Crippen molar-refractivity contribution in [2.75, 3.05) is 18.9 Å². The second-order valence-corrected chi connectivity index (χ2v) is 4.31. The highest BCUT2D eigenvalue weighted by Crippen LogP contribution is 2.20. The number of anilines is 1. The van der Waals surface area contributed by atoms with E-state index >= 15 is 0 Å². The first-order valence-electron chi connectivity index (χ1n) is 5.94. The average Bonchev–Trinajstić information content (AvgIpc) is 2.35. The third-order valence-electron chi connectivity index (χ3n) is 2.55. The van der Waals surface area contributed by atoms with Gasteiger partial charge >= 0.3 is 0 Å². The number of benzene rings is 1. The third kappa shape index (κ3) is 4.27. The molecule has 1 rings (SSSR count). The van der Waals surface area contributed by atoms with Crippen LogP contribution in [0.4, 0.5) is 5.69 Å². The number of hydrogen-bond acceptors (Lipinski definition) is 2. The van der Waals surface area contributed by atoms with E-state index < -0.39 is 0 Å². The summed E-state index contributed by atoms with van der Waals surface area (Å²) in [4.78, 5) is 11.5. The maximum absolute atomic E-state index is 11.5. The molecule has 0 fully saturated rings. The minimum Gasteiger partial charge on any atom is -0.385 e. The van der Waals surface area contributed by atoms with Crippen LogP contribution in [0.5, 0.6) is 0 Å². The van der Waals surface area contributed by atoms with Crippen molar-refractivity contribution in [3.63, 3.8) is 0 Å². The van der Waals surface area contributed by atoms with Gasteiger partial charge in [-0.15, -0.1) is 0 Å². The minimum absolute atomic E-state index is 0.160. The Morgan fingerprint density at radius 2 is 2.12 bits per heavy atom. The Balaban J connectivity index is 2.65. The molecule has 0 saturated carbocycles. The molecule has 94 valence electrons. The van der Waals surface area contributed by atoms with E-state index in [1.54, 1.807) is 19.2 Å². The quantitative estimate of drug-likeness (QED) is 0.765. The van der Waals surface area contributed by atoms with E-state index in [9.17, 15) is 4.79 Å². The maximum Gasteiger partial charge on any atom is 0.252 e. The van der Waals surface area contributed by atoms with Crippen molar-refractivity contribution in [3.05, 3.63) is 28.8 Å². The van der Waals surface area contributed by atoms with Gasteiger partial charge in [0.25, 0.3) is 5.91 Å². The number of halogens is 1. The highest BCUT2D eigenvalue weighted by atomic mass is 35.5. The van der Waals surface area contributed by atoms with E-state index in [0.717, 1.165) is 18.7 Å². The second-order valence-electron chi connectivity index (χ2n) is 3.91. The van der Waals surface area contributed by atoms with E-state index in [0.29, 0.717) is 10.6 Å². The molecule has 3 nitrogen and oxygen atoms in total. The fourth-order valence-corrected chi connectivity index (χ4v) is 1.76. The highest BCUT2D eigenvalue weighted by Gasteiger charge is 2.08. The van der Waals surface area contributed by atoms with E-state index in [-0.39, 0.29) is 5.91 Å². The highest BCUT2D eigenvalue weighted by molar-refractivity contribution is 6.34. The molecule has 0 saturated heterocycles. The maximum atomic E-state index is 11.5. The van der Waals surface area contributed by atoms with Crippen molar-refractivity contribution in [1.29, 1.82) is 0 Å². The van der Waals surface area contributed by atoms with Crippen LogP contribution in [0, 0.1) is 0 Å². The van der Waals surface area contributed by atoms with Crippen LogP contribution in [-0.2, 0) is 0 Å². The number of nitrogens with one attached hydrogen (secondary N) is 2. The first kappa shape index (κ1) is 13.8. The normalized spacial score (nSPS) is 10.1. The molecule has 0 aliphatic heterocycles. The van der Waals surface area contributed by atoms with Gasteiger partial charge in [-0.3, -0.25) is 4.79 Å². The van der Waals surface area contributed by atoms with Crippen LogP contribution in [0.3, 0.4) is 0 Å². The first-order valence-corrected chi connectivity index (χ1v) is 6.32. The topological polar surface area (TPSA) is 41.1 Å². The molecular formula is C13H19ClN2O. The Kier molecular flexibility index (Phi) is 5.84. The van der Waals surface area contributed by atoms with E-state index in [1.165, 1.54) is 12.8 Å². The lowest BCUT2D eigenvalue weighted by atomic mass is 10.2. The Hall–Kier alpha value is -1.22. The lowest BCUT2D eigenvalue weighted by molar-refractivity contribution is 0.0963. The van der Waals surface area contributed by atoms with Gasteiger partial charge in [-0.05, 0) is 24.6 Å². The molecule has 1 aromatic carbocycles. The van der Waals surface area contributed by atoms with Crippen molar-refractivity contribution in [3.8, 4) is 0 Å². The predicted molar refractivity (Wildman–Crippen MR) is 72.9 cm³/mol. The molecule has 0 radical (unpaired) electrons. The predicted octanol–water partition coefficient (Wildman–Crippen LogP) is 3.30. The van der Waals surface area contributed by atoms with Gasteiger partial charge in [-0.25, -0.2) is 0 Å². The van der Waals surface area contributed by atoms with Gasteiger partial charge in [0.05, 0.1) is 10.6 Å². The van der Waals surface area contributed by atoms with Crippen LogP contribution < -0.4 is 10.6 Å². The van der Waals surface area contributed by atoms with Crippen LogP contribution in [-0.4, -0.2) is 19.5 Å². The average molecular weight is 255 g/mol. The summed E-state index contributed by atoms with van der Waals surface area (Å²) in [6.45, 7) is 3.09. The lowest BCUT2D eigenvalue weighted by Gasteiger charge is -2.09. The summed E-state index contributed by atoms with van der Waals surface area (Å²) in [5, 5.41) is 6.34. The lowest BCUT2D eigenvalue weighted by Crippen LogP contribution is -2.18. The molecule has 4 heteroatoms. The largest absolute Gasteiger partial charge is 0.385 e. The fourth-order valence-electron chi connectivity index (χ4n) is 1.55. The molecule has 0 aliphatic rings. The molecule has 0 spiro atoms. The van der Waals surface area contributed by atoms with Gasteiger partial charge in [0.1, 0.15) is 0 Å². The number of carbonyl (C=O) groups is 1. The van der Waals surface area contributed by atoms with Gasteiger partial charge < -0.3 is 10.6 Å². The third-order valence-corrected chi connectivity index (χ3v) is 2.88. The number of rotatable bonds is 6. The smallest absolute Gasteiger partial charge is 0.252 e. The SMILES string of the molecule is CCCCCNc1ccc(Cl)c(C(=O)NC)c1. The Morgan fingerprint density at radius 3 is 2.76 bits per heavy atom. The number of hydrogen-bond donors (Lipinski definition) is 2. The molecule has 0 unspecified atom stereocenters. The van der Waals surface area contributed by atoms with Gasteiger partial charge in [-0.2, -0.15) is 0 Å². The molecule has 17 heavy (non-hydrogen) atoms. The summed E-state index contributed by atoms with van der Waals surface area (Å²) >= 11 is 5.97. The minimum atomic E-state index is -0.160. The fraction of sp³-hybridized carbons (Fsp3) is 0.462. The molecular weight excluding hydrogens is 236 g/mol. The molecule has 2 N–H and O–H groups in total. The Bertz CT molecular complexity index is 380. The van der Waals surface area contributed by atoms with Crippen LogP contribution >= 0.6 is 11.6 Å². The van der Waals surface area contributed by atoms with Crippen molar-refractivity contribution in [2.45, 2.75) is 26.2 Å². The summed E-state index contributed by atoms with van der Waals surface area (Å²) in [6.07, 6.45) is 3.54. The van der Waals surface area contributed by atoms with Crippen LogP contribution in [0.1, 0.15) is 36.5 Å². The molecule has 0 heterocycles. The van der Waals surface area contributed by atoms with Crippen LogP contribution in [0.2, 0.25) is 5.02 Å². The zero-order valence-electron chi connectivity index (χ0n) is 10.3. The number of amides is 1. The zero-order valence-corrected chi connectivity index (χ0v) is 11.1. The molecule has 1 aromatic rings. The van der Waals surface area contributed by atoms with E-state index in [1.807, 2.05) is 6.07 Å². The Morgan fingerprint density at radius 1 is 1.35 bits per heavy atom. The second kappa shape index (κ2) is 7.17. The van der Waals surface area contributed by atoms with E-state index in [4.69, 9.17) is 11.6 Å². The zero-order chi connectivity index (χ0) is 12.7. The van der Waals surface area contributed by atoms with Gasteiger partial charge in [-0.1, -0.05) is 31.4 Å². The van der Waals surface area contributed by atoms with Gasteiger partial charge in [0.15, 0.2) is 0 Å². The number of carbonyl (C=O) groups excluding carboxylic acids is 1. The standard InChI is InChI=1S/C13H19ClN2O/c1-3-4-5-8-16-10-6-7-12(14)11(9-10)13(17)15-2/h6-7,9,16H,3-5,8H2,1-2H3,(H,15,17). The summed E-state index contributed by atoms with van der Waals surface area (Å²) in [5.41, 5.74) is 1.44.